The molecule has 19 heavy (non-hydrogen) atoms. The molecule has 0 aliphatic heterocycles. The van der Waals surface area contributed by atoms with E-state index < -0.39 is 0 Å². The summed E-state index contributed by atoms with van der Waals surface area (Å²) in [6.07, 6.45) is 0. The van der Waals surface area contributed by atoms with Gasteiger partial charge in [0.05, 0.1) is 27.9 Å². The van der Waals surface area contributed by atoms with Crippen molar-refractivity contribution in [3.05, 3.63) is 17.7 Å². The highest BCUT2D eigenvalue weighted by Gasteiger charge is 2.12. The average Bonchev–Trinajstić information content (AvgIpc) is 2.44. The smallest absolute Gasteiger partial charge is 0.234 e. The maximum atomic E-state index is 11.4. The molecule has 0 saturated heterocycles. The third-order valence-corrected chi connectivity index (χ3v) is 2.60. The fraction of sp³-hybridized carbons (Fsp3) is 0.462. The summed E-state index contributed by atoms with van der Waals surface area (Å²) < 4.78 is 15.7. The van der Waals surface area contributed by atoms with Gasteiger partial charge in [-0.2, -0.15) is 0 Å². The molecule has 1 amide bonds. The first-order valence-electron chi connectivity index (χ1n) is 5.86. The number of rotatable bonds is 7. The van der Waals surface area contributed by atoms with Gasteiger partial charge in [0.1, 0.15) is 5.75 Å². The Kier molecular flexibility index (Phi) is 5.95. The van der Waals surface area contributed by atoms with Crippen molar-refractivity contribution in [3.63, 3.8) is 0 Å². The van der Waals surface area contributed by atoms with Gasteiger partial charge in [-0.3, -0.25) is 4.79 Å². The van der Waals surface area contributed by atoms with E-state index in [2.05, 4.69) is 10.6 Å². The average molecular weight is 268 g/mol. The monoisotopic (exact) mass is 268 g/mol. The van der Waals surface area contributed by atoms with Gasteiger partial charge >= 0.3 is 0 Å². The first kappa shape index (κ1) is 15.1. The number of hydrogen-bond acceptors (Lipinski definition) is 5. The van der Waals surface area contributed by atoms with Crippen molar-refractivity contribution >= 4 is 5.91 Å². The highest BCUT2D eigenvalue weighted by atomic mass is 16.5. The summed E-state index contributed by atoms with van der Waals surface area (Å²) >= 11 is 0. The molecule has 1 aromatic rings. The standard InChI is InChI=1S/C13H20N2O4/c1-14-8-13(16)15-7-9-5-11(18-3)12(19-4)6-10(9)17-2/h5-6,14H,7-8H2,1-4H3,(H,15,16). The summed E-state index contributed by atoms with van der Waals surface area (Å²) in [5.41, 5.74) is 0.824. The van der Waals surface area contributed by atoms with Crippen LogP contribution in [0.1, 0.15) is 5.56 Å². The number of ether oxygens (including phenoxy) is 3. The molecular weight excluding hydrogens is 248 g/mol. The van der Waals surface area contributed by atoms with Gasteiger partial charge < -0.3 is 24.8 Å². The van der Waals surface area contributed by atoms with Crippen molar-refractivity contribution in [2.45, 2.75) is 6.54 Å². The first-order chi connectivity index (χ1) is 9.15. The highest BCUT2D eigenvalue weighted by molar-refractivity contribution is 5.78. The van der Waals surface area contributed by atoms with Gasteiger partial charge in [-0.1, -0.05) is 0 Å². The number of carbonyl (C=O) groups excluding carboxylic acids is 1. The minimum atomic E-state index is -0.0839. The van der Waals surface area contributed by atoms with E-state index in [0.717, 1.165) is 5.56 Å². The predicted octanol–water partition coefficient (Wildman–Crippen LogP) is 0.548. The van der Waals surface area contributed by atoms with E-state index in [1.165, 1.54) is 0 Å². The molecule has 0 saturated carbocycles. The number of hydrogen-bond donors (Lipinski definition) is 2. The van der Waals surface area contributed by atoms with Gasteiger partial charge in [0.2, 0.25) is 5.91 Å². The zero-order chi connectivity index (χ0) is 14.3. The Labute approximate surface area is 113 Å². The Morgan fingerprint density at radius 3 is 2.16 bits per heavy atom. The van der Waals surface area contributed by atoms with Crippen LogP contribution in [-0.2, 0) is 11.3 Å². The van der Waals surface area contributed by atoms with Gasteiger partial charge in [0.25, 0.3) is 0 Å². The second-order valence-corrected chi connectivity index (χ2v) is 3.83. The molecule has 0 bridgehead atoms. The Morgan fingerprint density at radius 2 is 1.63 bits per heavy atom. The highest BCUT2D eigenvalue weighted by Crippen LogP contribution is 2.34. The van der Waals surface area contributed by atoms with Crippen molar-refractivity contribution in [1.29, 1.82) is 0 Å². The van der Waals surface area contributed by atoms with Gasteiger partial charge in [0, 0.05) is 18.2 Å². The number of methoxy groups -OCH3 is 3. The lowest BCUT2D eigenvalue weighted by Gasteiger charge is -2.14. The molecule has 1 aromatic carbocycles. The fourth-order valence-corrected chi connectivity index (χ4v) is 1.65. The zero-order valence-electron chi connectivity index (χ0n) is 11.7. The van der Waals surface area contributed by atoms with E-state index >= 15 is 0 Å². The van der Waals surface area contributed by atoms with E-state index in [4.69, 9.17) is 14.2 Å². The van der Waals surface area contributed by atoms with Crippen LogP contribution in [0.3, 0.4) is 0 Å². The van der Waals surface area contributed by atoms with Crippen LogP contribution in [0.2, 0.25) is 0 Å². The topological polar surface area (TPSA) is 68.8 Å². The summed E-state index contributed by atoms with van der Waals surface area (Å²) in [6.45, 7) is 0.639. The van der Waals surface area contributed by atoms with E-state index in [1.54, 1.807) is 40.5 Å². The largest absolute Gasteiger partial charge is 0.496 e. The summed E-state index contributed by atoms with van der Waals surface area (Å²) in [5, 5.41) is 5.57. The quantitative estimate of drug-likeness (QED) is 0.756. The number of likely N-dealkylation sites (N-methyl/N-ethyl adjacent to an activating group) is 1. The van der Waals surface area contributed by atoms with Crippen molar-refractivity contribution in [2.24, 2.45) is 0 Å². The maximum Gasteiger partial charge on any atom is 0.234 e. The molecule has 0 aromatic heterocycles. The van der Waals surface area contributed by atoms with Gasteiger partial charge in [-0.25, -0.2) is 0 Å². The lowest BCUT2D eigenvalue weighted by Crippen LogP contribution is -2.31. The number of benzene rings is 1. The molecule has 0 unspecified atom stereocenters. The van der Waals surface area contributed by atoms with Gasteiger partial charge in [-0.15, -0.1) is 0 Å². The van der Waals surface area contributed by atoms with Crippen LogP contribution in [0.4, 0.5) is 0 Å². The minimum absolute atomic E-state index is 0.0839. The Morgan fingerprint density at radius 1 is 1.05 bits per heavy atom. The molecule has 6 heteroatoms. The second kappa shape index (κ2) is 7.48. The van der Waals surface area contributed by atoms with Crippen LogP contribution in [0.5, 0.6) is 17.2 Å². The maximum absolute atomic E-state index is 11.4. The molecule has 1 rings (SSSR count). The molecule has 0 aliphatic rings. The van der Waals surface area contributed by atoms with Crippen molar-refractivity contribution in [3.8, 4) is 17.2 Å². The predicted molar refractivity (Wildman–Crippen MR) is 71.9 cm³/mol. The minimum Gasteiger partial charge on any atom is -0.496 e. The molecule has 6 nitrogen and oxygen atoms in total. The Bertz CT molecular complexity index is 435. The van der Waals surface area contributed by atoms with E-state index in [-0.39, 0.29) is 12.5 Å². The third kappa shape index (κ3) is 4.03. The van der Waals surface area contributed by atoms with Crippen molar-refractivity contribution in [2.75, 3.05) is 34.9 Å². The molecule has 0 fully saturated rings. The van der Waals surface area contributed by atoms with E-state index in [1.807, 2.05) is 0 Å². The van der Waals surface area contributed by atoms with Gasteiger partial charge in [0.15, 0.2) is 11.5 Å². The molecule has 0 radical (unpaired) electrons. The molecular formula is C13H20N2O4. The zero-order valence-corrected chi connectivity index (χ0v) is 11.7. The number of nitrogens with one attached hydrogen (secondary N) is 2. The summed E-state index contributed by atoms with van der Waals surface area (Å²) in [6, 6.07) is 3.52. The molecule has 106 valence electrons. The molecule has 2 N–H and O–H groups in total. The Balaban J connectivity index is 2.89. The third-order valence-electron chi connectivity index (χ3n) is 2.60. The second-order valence-electron chi connectivity index (χ2n) is 3.83. The SMILES string of the molecule is CNCC(=O)NCc1cc(OC)c(OC)cc1OC. The lowest BCUT2D eigenvalue weighted by atomic mass is 10.1. The summed E-state index contributed by atoms with van der Waals surface area (Å²) in [7, 11) is 6.41. The normalized spacial score (nSPS) is 9.89. The molecule has 0 spiro atoms. The lowest BCUT2D eigenvalue weighted by molar-refractivity contribution is -0.120. The van der Waals surface area contributed by atoms with Crippen LogP contribution in [0.15, 0.2) is 12.1 Å². The van der Waals surface area contributed by atoms with Gasteiger partial charge in [-0.05, 0) is 13.1 Å². The van der Waals surface area contributed by atoms with E-state index in [9.17, 15) is 4.79 Å². The summed E-state index contributed by atoms with van der Waals surface area (Å²) in [4.78, 5) is 11.4. The number of carbonyl (C=O) groups is 1. The Hall–Kier alpha value is -1.95. The van der Waals surface area contributed by atoms with Crippen LogP contribution in [-0.4, -0.2) is 40.8 Å². The molecule has 0 aliphatic carbocycles. The number of amides is 1. The fourth-order valence-electron chi connectivity index (χ4n) is 1.65. The van der Waals surface area contributed by atoms with Crippen LogP contribution >= 0.6 is 0 Å². The van der Waals surface area contributed by atoms with Crippen LogP contribution < -0.4 is 24.8 Å². The van der Waals surface area contributed by atoms with E-state index in [0.29, 0.717) is 23.8 Å². The summed E-state index contributed by atoms with van der Waals surface area (Å²) in [5.74, 6) is 1.74. The molecule has 0 atom stereocenters. The van der Waals surface area contributed by atoms with Crippen molar-refractivity contribution in [1.82, 2.24) is 10.6 Å². The molecule has 0 heterocycles. The van der Waals surface area contributed by atoms with Crippen molar-refractivity contribution < 1.29 is 19.0 Å². The van der Waals surface area contributed by atoms with Crippen LogP contribution in [0.25, 0.3) is 0 Å². The van der Waals surface area contributed by atoms with Crippen LogP contribution in [0, 0.1) is 0 Å². The first-order valence-corrected chi connectivity index (χ1v) is 5.86.